The van der Waals surface area contributed by atoms with Crippen LogP contribution in [0, 0.1) is 0 Å². The Kier molecular flexibility index (Phi) is 1.64. The lowest BCUT2D eigenvalue weighted by Crippen LogP contribution is -2.03. The molecule has 1 aromatic heterocycles. The van der Waals surface area contributed by atoms with Crippen molar-refractivity contribution in [3.05, 3.63) is 23.0 Å². The molecule has 0 aliphatic heterocycles. The standard InChI is InChI=1S/C5H3ClF3N/c6-4-3(1-2-10-4)5(7,8)9/h1-2,10H. The summed E-state index contributed by atoms with van der Waals surface area (Å²) in [5.41, 5.74) is -0.825. The number of rotatable bonds is 0. The van der Waals surface area contributed by atoms with E-state index < -0.39 is 11.7 Å². The van der Waals surface area contributed by atoms with Crippen LogP contribution in [-0.2, 0) is 6.18 Å². The van der Waals surface area contributed by atoms with E-state index in [2.05, 4.69) is 4.98 Å². The van der Waals surface area contributed by atoms with E-state index in [-0.39, 0.29) is 5.15 Å². The molecule has 0 aliphatic carbocycles. The number of nitrogens with one attached hydrogen (secondary N) is 1. The lowest BCUT2D eigenvalue weighted by molar-refractivity contribution is -0.137. The molecule has 0 unspecified atom stereocenters. The summed E-state index contributed by atoms with van der Waals surface area (Å²) in [6, 6.07) is 0.891. The van der Waals surface area contributed by atoms with Gasteiger partial charge in [-0.05, 0) is 6.07 Å². The second-order valence-electron chi connectivity index (χ2n) is 1.70. The predicted octanol–water partition coefficient (Wildman–Crippen LogP) is 2.69. The molecule has 1 aromatic rings. The normalized spacial score (nSPS) is 12.0. The average molecular weight is 170 g/mol. The van der Waals surface area contributed by atoms with Crippen molar-refractivity contribution < 1.29 is 13.2 Å². The number of aromatic nitrogens is 1. The molecule has 0 spiro atoms. The van der Waals surface area contributed by atoms with Crippen LogP contribution in [0.5, 0.6) is 0 Å². The van der Waals surface area contributed by atoms with Crippen molar-refractivity contribution in [1.82, 2.24) is 4.98 Å². The molecule has 1 N–H and O–H groups in total. The van der Waals surface area contributed by atoms with Crippen LogP contribution in [0.1, 0.15) is 5.56 Å². The van der Waals surface area contributed by atoms with E-state index in [1.807, 2.05) is 0 Å². The summed E-state index contributed by atoms with van der Waals surface area (Å²) in [6.45, 7) is 0. The Morgan fingerprint density at radius 1 is 1.40 bits per heavy atom. The third kappa shape index (κ3) is 1.26. The van der Waals surface area contributed by atoms with Gasteiger partial charge < -0.3 is 4.98 Å². The number of halogens is 4. The molecule has 1 nitrogen and oxygen atoms in total. The minimum Gasteiger partial charge on any atom is -0.352 e. The SMILES string of the molecule is FC(F)(F)c1cc[nH]c1Cl. The van der Waals surface area contributed by atoms with Crippen molar-refractivity contribution in [2.24, 2.45) is 0 Å². The van der Waals surface area contributed by atoms with E-state index in [1.54, 1.807) is 0 Å². The third-order valence-corrected chi connectivity index (χ3v) is 1.31. The van der Waals surface area contributed by atoms with Crippen molar-refractivity contribution in [1.29, 1.82) is 0 Å². The molecule has 0 fully saturated rings. The molecule has 1 heterocycles. The fraction of sp³-hybridized carbons (Fsp3) is 0.200. The molecule has 0 bridgehead atoms. The van der Waals surface area contributed by atoms with E-state index in [1.165, 1.54) is 0 Å². The van der Waals surface area contributed by atoms with Gasteiger partial charge in [-0.1, -0.05) is 11.6 Å². The van der Waals surface area contributed by atoms with E-state index in [0.717, 1.165) is 12.3 Å². The van der Waals surface area contributed by atoms with Gasteiger partial charge in [-0.15, -0.1) is 0 Å². The van der Waals surface area contributed by atoms with Crippen molar-refractivity contribution in [2.45, 2.75) is 6.18 Å². The van der Waals surface area contributed by atoms with Gasteiger partial charge in [0.25, 0.3) is 0 Å². The molecule has 0 saturated carbocycles. The maximum Gasteiger partial charge on any atom is 0.419 e. The van der Waals surface area contributed by atoms with Gasteiger partial charge in [0.1, 0.15) is 5.15 Å². The van der Waals surface area contributed by atoms with E-state index in [4.69, 9.17) is 11.6 Å². The summed E-state index contributed by atoms with van der Waals surface area (Å²) in [5.74, 6) is 0. The van der Waals surface area contributed by atoms with Gasteiger partial charge in [-0.3, -0.25) is 0 Å². The van der Waals surface area contributed by atoms with Crippen LogP contribution in [0.15, 0.2) is 12.3 Å². The quantitative estimate of drug-likeness (QED) is 0.615. The van der Waals surface area contributed by atoms with E-state index in [9.17, 15) is 13.2 Å². The summed E-state index contributed by atoms with van der Waals surface area (Å²) < 4.78 is 35.3. The monoisotopic (exact) mass is 169 g/mol. The number of aromatic amines is 1. The molecule has 0 aliphatic rings. The smallest absolute Gasteiger partial charge is 0.352 e. The van der Waals surface area contributed by atoms with Gasteiger partial charge in [0.2, 0.25) is 0 Å². The molecular formula is C5H3ClF3N. The van der Waals surface area contributed by atoms with Crippen LogP contribution in [0.2, 0.25) is 5.15 Å². The van der Waals surface area contributed by atoms with Crippen LogP contribution >= 0.6 is 11.6 Å². The second kappa shape index (κ2) is 2.20. The molecule has 56 valence electrons. The minimum atomic E-state index is -4.35. The Morgan fingerprint density at radius 3 is 2.20 bits per heavy atom. The summed E-state index contributed by atoms with van der Waals surface area (Å²) in [4.78, 5) is 2.22. The summed E-state index contributed by atoms with van der Waals surface area (Å²) in [7, 11) is 0. The lowest BCUT2D eigenvalue weighted by Gasteiger charge is -2.02. The van der Waals surface area contributed by atoms with Gasteiger partial charge >= 0.3 is 6.18 Å². The van der Waals surface area contributed by atoms with E-state index >= 15 is 0 Å². The van der Waals surface area contributed by atoms with Crippen molar-refractivity contribution in [2.75, 3.05) is 0 Å². The Balaban J connectivity index is 3.05. The van der Waals surface area contributed by atoms with Gasteiger partial charge in [0.15, 0.2) is 0 Å². The first-order chi connectivity index (χ1) is 4.52. The summed E-state index contributed by atoms with van der Waals surface area (Å²) >= 11 is 5.15. The van der Waals surface area contributed by atoms with Gasteiger partial charge in [-0.25, -0.2) is 0 Å². The maximum absolute atomic E-state index is 11.8. The minimum absolute atomic E-state index is 0.368. The summed E-state index contributed by atoms with van der Waals surface area (Å²) in [6.07, 6.45) is -3.21. The fourth-order valence-electron chi connectivity index (χ4n) is 0.568. The molecule has 0 aromatic carbocycles. The first-order valence-corrected chi connectivity index (χ1v) is 2.79. The zero-order chi connectivity index (χ0) is 7.78. The average Bonchev–Trinajstić information content (AvgIpc) is 2.11. The van der Waals surface area contributed by atoms with Gasteiger partial charge in [0.05, 0.1) is 5.56 Å². The highest BCUT2D eigenvalue weighted by Crippen LogP contribution is 2.33. The zero-order valence-corrected chi connectivity index (χ0v) is 5.42. The highest BCUT2D eigenvalue weighted by atomic mass is 35.5. The number of H-pyrrole nitrogens is 1. The molecule has 5 heteroatoms. The third-order valence-electron chi connectivity index (χ3n) is 1.00. The van der Waals surface area contributed by atoms with E-state index in [0.29, 0.717) is 0 Å². The molecule has 0 amide bonds. The lowest BCUT2D eigenvalue weighted by atomic mass is 10.3. The molecule has 0 saturated heterocycles. The highest BCUT2D eigenvalue weighted by molar-refractivity contribution is 6.30. The van der Waals surface area contributed by atoms with Crippen molar-refractivity contribution >= 4 is 11.6 Å². The number of hydrogen-bond donors (Lipinski definition) is 1. The molecule has 1 rings (SSSR count). The van der Waals surface area contributed by atoms with Crippen molar-refractivity contribution in [3.8, 4) is 0 Å². The first kappa shape index (κ1) is 7.47. The van der Waals surface area contributed by atoms with Crippen LogP contribution in [0.3, 0.4) is 0 Å². The molecule has 0 radical (unpaired) electrons. The van der Waals surface area contributed by atoms with Crippen LogP contribution in [0.25, 0.3) is 0 Å². The molecule has 0 atom stereocenters. The summed E-state index contributed by atoms with van der Waals surface area (Å²) in [5, 5.41) is -0.368. The van der Waals surface area contributed by atoms with Crippen LogP contribution in [-0.4, -0.2) is 4.98 Å². The largest absolute Gasteiger partial charge is 0.419 e. The predicted molar refractivity (Wildman–Crippen MR) is 30.8 cm³/mol. The Bertz CT molecular complexity index is 227. The number of hydrogen-bond acceptors (Lipinski definition) is 0. The topological polar surface area (TPSA) is 15.8 Å². The van der Waals surface area contributed by atoms with Gasteiger partial charge in [-0.2, -0.15) is 13.2 Å². The Hall–Kier alpha value is -0.640. The Labute approximate surface area is 59.8 Å². The molecular weight excluding hydrogens is 167 g/mol. The van der Waals surface area contributed by atoms with Crippen LogP contribution < -0.4 is 0 Å². The maximum atomic E-state index is 11.8. The Morgan fingerprint density at radius 2 is 2.00 bits per heavy atom. The highest BCUT2D eigenvalue weighted by Gasteiger charge is 2.33. The van der Waals surface area contributed by atoms with Crippen molar-refractivity contribution in [3.63, 3.8) is 0 Å². The first-order valence-electron chi connectivity index (χ1n) is 2.42. The fourth-order valence-corrected chi connectivity index (χ4v) is 0.801. The van der Waals surface area contributed by atoms with Crippen LogP contribution in [0.4, 0.5) is 13.2 Å². The van der Waals surface area contributed by atoms with Gasteiger partial charge in [0, 0.05) is 6.20 Å². The molecule has 10 heavy (non-hydrogen) atoms. The number of alkyl halides is 3. The second-order valence-corrected chi connectivity index (χ2v) is 2.08. The zero-order valence-electron chi connectivity index (χ0n) is 4.67.